The number of carboxylic acids is 1. The molecule has 0 saturated carbocycles. The smallest absolute Gasteiger partial charge is 0.479 e. The molecule has 0 aromatic carbocycles. The zero-order valence-electron chi connectivity index (χ0n) is 18.4. The van der Waals surface area contributed by atoms with Crippen LogP contribution in [0.3, 0.4) is 0 Å². The molecule has 3 atom stereocenters. The van der Waals surface area contributed by atoms with E-state index in [0.29, 0.717) is 5.75 Å². The highest BCUT2D eigenvalue weighted by atomic mass is 32.2. The average molecular weight is 529 g/mol. The Morgan fingerprint density at radius 3 is 2.77 bits per heavy atom. The van der Waals surface area contributed by atoms with E-state index in [-0.39, 0.29) is 23.7 Å². The fourth-order valence-electron chi connectivity index (χ4n) is 2.95. The van der Waals surface area contributed by atoms with E-state index < -0.39 is 54.2 Å². The van der Waals surface area contributed by atoms with E-state index in [1.807, 2.05) is 0 Å². The Labute approximate surface area is 206 Å². The minimum absolute atomic E-state index is 0.0539. The molecule has 14 nitrogen and oxygen atoms in total. The number of thiazole rings is 1. The van der Waals surface area contributed by atoms with Gasteiger partial charge in [0.1, 0.15) is 22.8 Å². The number of oxime groups is 1. The highest BCUT2D eigenvalue weighted by Gasteiger charge is 2.53. The Morgan fingerprint density at radius 1 is 1.34 bits per heavy atom. The molecule has 35 heavy (non-hydrogen) atoms. The monoisotopic (exact) mass is 528 g/mol. The number of esters is 1. The van der Waals surface area contributed by atoms with Gasteiger partial charge < -0.3 is 29.5 Å². The molecule has 2 amide bonds. The van der Waals surface area contributed by atoms with Gasteiger partial charge in [-0.15, -0.1) is 23.1 Å². The van der Waals surface area contributed by atoms with Gasteiger partial charge in [-0.2, -0.15) is 0 Å². The average Bonchev–Trinajstić information content (AvgIpc) is 3.33. The van der Waals surface area contributed by atoms with E-state index in [4.69, 9.17) is 14.6 Å². The second-order valence-electron chi connectivity index (χ2n) is 6.73. The fourth-order valence-corrected chi connectivity index (χ4v) is 4.68. The molecule has 2 unspecified atom stereocenters. The largest absolute Gasteiger partial charge is 0.511 e. The van der Waals surface area contributed by atoms with E-state index in [1.165, 1.54) is 51.9 Å². The van der Waals surface area contributed by atoms with Crippen molar-refractivity contribution in [2.75, 3.05) is 19.0 Å². The molecule has 1 aromatic rings. The standard InChI is InChI=1S/C19H20N4O10S2/c1-3-30-19(29)33-9(2)32-18(28)11-4-5-35-17-14(16(27)23(11)17)21-15(26)13(10-7-34-8-20-10)22-31-6-12(24)25/h4,7-9,14,17H,3,5-6H2,1-2H3,(H,21,26)(H,24,25)/t9?,14?,17-/m0/s1. The minimum Gasteiger partial charge on any atom is -0.479 e. The number of thioether (sulfide) groups is 1. The van der Waals surface area contributed by atoms with Crippen molar-refractivity contribution in [3.05, 3.63) is 28.4 Å². The van der Waals surface area contributed by atoms with Crippen LogP contribution in [0.5, 0.6) is 0 Å². The number of hydrogen-bond donors (Lipinski definition) is 2. The molecule has 0 aliphatic carbocycles. The van der Waals surface area contributed by atoms with Crippen molar-refractivity contribution in [1.29, 1.82) is 0 Å². The first kappa shape index (κ1) is 26.0. The summed E-state index contributed by atoms with van der Waals surface area (Å²) in [7, 11) is 0. The Morgan fingerprint density at radius 2 is 2.11 bits per heavy atom. The van der Waals surface area contributed by atoms with Crippen molar-refractivity contribution in [3.8, 4) is 0 Å². The molecular formula is C19H20N4O10S2. The third-order valence-electron chi connectivity index (χ3n) is 4.37. The molecule has 1 aromatic heterocycles. The molecule has 188 valence electrons. The van der Waals surface area contributed by atoms with Gasteiger partial charge in [-0.05, 0) is 13.0 Å². The zero-order valence-corrected chi connectivity index (χ0v) is 20.0. The zero-order chi connectivity index (χ0) is 25.5. The molecule has 16 heteroatoms. The van der Waals surface area contributed by atoms with Crippen LogP contribution in [0.4, 0.5) is 4.79 Å². The normalized spacial score (nSPS) is 19.9. The lowest BCUT2D eigenvalue weighted by atomic mass is 10.0. The lowest BCUT2D eigenvalue weighted by Crippen LogP contribution is -2.70. The van der Waals surface area contributed by atoms with Gasteiger partial charge in [-0.1, -0.05) is 5.16 Å². The summed E-state index contributed by atoms with van der Waals surface area (Å²) in [5, 5.41) is 15.7. The molecule has 0 bridgehead atoms. The molecule has 0 radical (unpaired) electrons. The number of fused-ring (bicyclic) bond motifs is 1. The maximum atomic E-state index is 12.8. The first-order valence-corrected chi connectivity index (χ1v) is 12.0. The maximum absolute atomic E-state index is 12.8. The molecule has 1 fully saturated rings. The lowest BCUT2D eigenvalue weighted by Gasteiger charge is -2.48. The number of aliphatic carboxylic acids is 1. The van der Waals surface area contributed by atoms with Crippen LogP contribution in [-0.4, -0.2) is 87.3 Å². The summed E-state index contributed by atoms with van der Waals surface area (Å²) < 4.78 is 14.5. The van der Waals surface area contributed by atoms with Crippen molar-refractivity contribution in [2.45, 2.75) is 31.6 Å². The van der Waals surface area contributed by atoms with Crippen LogP contribution in [-0.2, 0) is 38.2 Å². The van der Waals surface area contributed by atoms with Crippen molar-refractivity contribution in [3.63, 3.8) is 0 Å². The molecule has 0 spiro atoms. The topological polar surface area (TPSA) is 183 Å². The molecule has 2 N–H and O–H groups in total. The highest BCUT2D eigenvalue weighted by molar-refractivity contribution is 8.00. The predicted octanol–water partition coefficient (Wildman–Crippen LogP) is 0.295. The van der Waals surface area contributed by atoms with Gasteiger partial charge >= 0.3 is 18.1 Å². The number of β-lactam (4-membered cyclic amide) rings is 1. The van der Waals surface area contributed by atoms with Gasteiger partial charge in [-0.25, -0.2) is 19.4 Å². The number of carbonyl (C=O) groups is 5. The van der Waals surface area contributed by atoms with Gasteiger partial charge in [0.15, 0.2) is 5.71 Å². The third kappa shape index (κ3) is 6.27. The first-order chi connectivity index (χ1) is 16.7. The fraction of sp³-hybridized carbons (Fsp3) is 0.421. The summed E-state index contributed by atoms with van der Waals surface area (Å²) in [4.78, 5) is 70.0. The van der Waals surface area contributed by atoms with E-state index in [9.17, 15) is 24.0 Å². The van der Waals surface area contributed by atoms with Crippen LogP contribution >= 0.6 is 23.1 Å². The third-order valence-corrected chi connectivity index (χ3v) is 6.14. The number of carboxylic acid groups (broad SMARTS) is 1. The van der Waals surface area contributed by atoms with Gasteiger partial charge in [0.05, 0.1) is 12.1 Å². The van der Waals surface area contributed by atoms with Crippen molar-refractivity contribution >= 4 is 58.7 Å². The number of aromatic nitrogens is 1. The summed E-state index contributed by atoms with van der Waals surface area (Å²) in [5.41, 5.74) is 1.22. The summed E-state index contributed by atoms with van der Waals surface area (Å²) in [6, 6.07) is -1.000. The SMILES string of the molecule is CCOC(=O)OC(C)OC(=O)C1=CCS[C@H]2C(NC(=O)C(=NOCC(=O)O)c3cscn3)C(=O)N12. The van der Waals surface area contributed by atoms with Crippen LogP contribution in [0.25, 0.3) is 0 Å². The number of amides is 2. The van der Waals surface area contributed by atoms with Crippen LogP contribution in [0.1, 0.15) is 19.5 Å². The van der Waals surface area contributed by atoms with Gasteiger partial charge in [0.25, 0.3) is 11.8 Å². The van der Waals surface area contributed by atoms with E-state index in [2.05, 4.69) is 25.0 Å². The van der Waals surface area contributed by atoms with Crippen LogP contribution in [0.2, 0.25) is 0 Å². The number of nitrogens with zero attached hydrogens (tertiary/aromatic N) is 3. The van der Waals surface area contributed by atoms with Crippen molar-refractivity contribution < 1.29 is 48.1 Å². The Kier molecular flexibility index (Phi) is 8.64. The van der Waals surface area contributed by atoms with E-state index in [1.54, 1.807) is 6.92 Å². The Balaban J connectivity index is 1.64. The molecule has 2 aliphatic heterocycles. The van der Waals surface area contributed by atoms with E-state index in [0.717, 1.165) is 0 Å². The molecule has 2 aliphatic rings. The summed E-state index contributed by atoms with van der Waals surface area (Å²) >= 11 is 2.47. The van der Waals surface area contributed by atoms with Crippen LogP contribution in [0.15, 0.2) is 27.8 Å². The summed E-state index contributed by atoms with van der Waals surface area (Å²) in [5.74, 6) is -3.23. The second kappa shape index (κ2) is 11.7. The molecular weight excluding hydrogens is 508 g/mol. The first-order valence-electron chi connectivity index (χ1n) is 10.0. The van der Waals surface area contributed by atoms with Crippen LogP contribution < -0.4 is 5.32 Å². The lowest BCUT2D eigenvalue weighted by molar-refractivity contribution is -0.168. The van der Waals surface area contributed by atoms with Crippen molar-refractivity contribution in [1.82, 2.24) is 15.2 Å². The van der Waals surface area contributed by atoms with Crippen LogP contribution in [0, 0.1) is 0 Å². The highest BCUT2D eigenvalue weighted by Crippen LogP contribution is 2.38. The maximum Gasteiger partial charge on any atom is 0.511 e. The molecule has 1 saturated heterocycles. The van der Waals surface area contributed by atoms with Crippen molar-refractivity contribution in [2.24, 2.45) is 5.16 Å². The van der Waals surface area contributed by atoms with Gasteiger partial charge in [0.2, 0.25) is 12.9 Å². The minimum atomic E-state index is -1.29. The number of rotatable bonds is 10. The van der Waals surface area contributed by atoms with Gasteiger partial charge in [0, 0.05) is 18.1 Å². The number of nitrogens with one attached hydrogen (secondary N) is 1. The second-order valence-corrected chi connectivity index (χ2v) is 8.60. The Hall–Kier alpha value is -3.66. The van der Waals surface area contributed by atoms with Gasteiger partial charge in [-0.3, -0.25) is 14.5 Å². The quantitative estimate of drug-likeness (QED) is 0.139. The Bertz CT molecular complexity index is 1060. The number of hydrogen-bond acceptors (Lipinski definition) is 13. The summed E-state index contributed by atoms with van der Waals surface area (Å²) in [6.45, 7) is 2.21. The number of carbonyl (C=O) groups excluding carboxylic acids is 4. The predicted molar refractivity (Wildman–Crippen MR) is 119 cm³/mol. The number of ether oxygens (including phenoxy) is 3. The summed E-state index contributed by atoms with van der Waals surface area (Å²) in [6.07, 6.45) is -0.782. The molecule has 3 heterocycles. The van der Waals surface area contributed by atoms with E-state index >= 15 is 0 Å². The molecule has 3 rings (SSSR count).